The molecule has 0 aromatic heterocycles. The third-order valence-electron chi connectivity index (χ3n) is 3.38. The Kier molecular flexibility index (Phi) is 5.98. The Morgan fingerprint density at radius 1 is 1.35 bits per heavy atom. The minimum absolute atomic E-state index is 0.00189. The molecular weight excluding hydrogens is 276 g/mol. The molecule has 0 aliphatic carbocycles. The summed E-state index contributed by atoms with van der Waals surface area (Å²) in [7, 11) is -0.413. The van der Waals surface area contributed by atoms with Gasteiger partial charge in [0.25, 0.3) is 0 Å². The highest BCUT2D eigenvalue weighted by Gasteiger charge is 2.22. The number of sulfonamides is 1. The van der Waals surface area contributed by atoms with Gasteiger partial charge in [-0.05, 0) is 24.5 Å². The van der Waals surface area contributed by atoms with Crippen molar-refractivity contribution in [2.24, 2.45) is 11.7 Å². The maximum Gasteiger partial charge on any atom is 0.242 e. The lowest BCUT2D eigenvalue weighted by atomic mass is 10.0. The van der Waals surface area contributed by atoms with Crippen molar-refractivity contribution in [3.8, 4) is 5.75 Å². The van der Waals surface area contributed by atoms with Crippen molar-refractivity contribution in [2.45, 2.75) is 31.2 Å². The average Bonchev–Trinajstić information content (AvgIpc) is 2.43. The zero-order chi connectivity index (χ0) is 15.3. The molecule has 5 nitrogen and oxygen atoms in total. The minimum atomic E-state index is -3.50. The molecule has 1 aromatic carbocycles. The maximum atomic E-state index is 12.4. The number of nitrogens with zero attached hydrogens (tertiary/aromatic N) is 1. The summed E-state index contributed by atoms with van der Waals surface area (Å²) in [4.78, 5) is 0.234. The molecule has 1 aromatic rings. The number of rotatable bonds is 7. The molecule has 0 aliphatic heterocycles. The van der Waals surface area contributed by atoms with Crippen LogP contribution in [0.4, 0.5) is 0 Å². The molecule has 0 saturated heterocycles. The molecule has 6 heteroatoms. The van der Waals surface area contributed by atoms with Crippen LogP contribution < -0.4 is 10.5 Å². The molecule has 0 radical (unpaired) electrons. The Morgan fingerprint density at radius 2 is 2.00 bits per heavy atom. The molecule has 0 spiro atoms. The van der Waals surface area contributed by atoms with Crippen molar-refractivity contribution in [3.05, 3.63) is 24.3 Å². The second-order valence-electron chi connectivity index (χ2n) is 5.20. The first-order chi connectivity index (χ1) is 9.28. The average molecular weight is 300 g/mol. The van der Waals surface area contributed by atoms with E-state index >= 15 is 0 Å². The number of ether oxygens (including phenoxy) is 1. The van der Waals surface area contributed by atoms with E-state index in [1.54, 1.807) is 25.2 Å². The van der Waals surface area contributed by atoms with Crippen LogP contribution in [0.15, 0.2) is 29.2 Å². The maximum absolute atomic E-state index is 12.4. The lowest BCUT2D eigenvalue weighted by molar-refractivity contribution is 0.396. The fraction of sp³-hybridized carbons (Fsp3) is 0.571. The van der Waals surface area contributed by atoms with Crippen LogP contribution in [0.2, 0.25) is 0 Å². The standard InChI is InChI=1S/C14H24N2O3S/c1-11(2)14(15)8-9-16(3)20(17,18)13-7-5-6-12(10-13)19-4/h5-7,10-11,14H,8-9,15H2,1-4H3. The van der Waals surface area contributed by atoms with Gasteiger partial charge in [-0.25, -0.2) is 12.7 Å². The molecule has 114 valence electrons. The number of hydrogen-bond acceptors (Lipinski definition) is 4. The van der Waals surface area contributed by atoms with Crippen LogP contribution in [0.3, 0.4) is 0 Å². The van der Waals surface area contributed by atoms with Gasteiger partial charge in [-0.2, -0.15) is 0 Å². The van der Waals surface area contributed by atoms with Crippen LogP contribution in [-0.2, 0) is 10.0 Å². The lowest BCUT2D eigenvalue weighted by Crippen LogP contribution is -2.34. The molecule has 1 unspecified atom stereocenters. The fourth-order valence-electron chi connectivity index (χ4n) is 1.73. The largest absolute Gasteiger partial charge is 0.497 e. The molecule has 0 aliphatic rings. The van der Waals surface area contributed by atoms with Gasteiger partial charge in [-0.1, -0.05) is 19.9 Å². The number of nitrogens with two attached hydrogens (primary N) is 1. The summed E-state index contributed by atoms with van der Waals surface area (Å²) in [6, 6.07) is 6.47. The Labute approximate surface area is 121 Å². The van der Waals surface area contributed by atoms with Gasteiger partial charge in [0.2, 0.25) is 10.0 Å². The van der Waals surface area contributed by atoms with Crippen LogP contribution in [0.1, 0.15) is 20.3 Å². The second-order valence-corrected chi connectivity index (χ2v) is 7.25. The molecular formula is C14H24N2O3S. The lowest BCUT2D eigenvalue weighted by Gasteiger charge is -2.21. The van der Waals surface area contributed by atoms with Crippen LogP contribution in [0, 0.1) is 5.92 Å². The molecule has 2 N–H and O–H groups in total. The van der Waals surface area contributed by atoms with Gasteiger partial charge in [0.05, 0.1) is 12.0 Å². The fourth-order valence-corrected chi connectivity index (χ4v) is 2.95. The summed E-state index contributed by atoms with van der Waals surface area (Å²) in [5, 5.41) is 0. The van der Waals surface area contributed by atoms with Crippen molar-refractivity contribution < 1.29 is 13.2 Å². The van der Waals surface area contributed by atoms with Crippen LogP contribution >= 0.6 is 0 Å². The van der Waals surface area contributed by atoms with Crippen molar-refractivity contribution in [1.82, 2.24) is 4.31 Å². The smallest absolute Gasteiger partial charge is 0.242 e. The zero-order valence-corrected chi connectivity index (χ0v) is 13.4. The molecule has 1 rings (SSSR count). The summed E-state index contributed by atoms with van der Waals surface area (Å²) in [5.74, 6) is 0.862. The SMILES string of the molecule is COc1cccc(S(=O)(=O)N(C)CCC(N)C(C)C)c1. The predicted molar refractivity (Wildman–Crippen MR) is 80.2 cm³/mol. The van der Waals surface area contributed by atoms with Gasteiger partial charge in [-0.3, -0.25) is 0 Å². The van der Waals surface area contributed by atoms with E-state index in [4.69, 9.17) is 10.5 Å². The third-order valence-corrected chi connectivity index (χ3v) is 5.24. The summed E-state index contributed by atoms with van der Waals surface area (Å²) in [5.41, 5.74) is 5.95. The first kappa shape index (κ1) is 16.9. The highest BCUT2D eigenvalue weighted by molar-refractivity contribution is 7.89. The van der Waals surface area contributed by atoms with Crippen LogP contribution in [0.25, 0.3) is 0 Å². The van der Waals surface area contributed by atoms with Gasteiger partial charge in [0.1, 0.15) is 5.75 Å². The first-order valence-corrected chi connectivity index (χ1v) is 8.09. The third kappa shape index (κ3) is 4.19. The predicted octanol–water partition coefficient (Wildman–Crippen LogP) is 1.69. The van der Waals surface area contributed by atoms with E-state index < -0.39 is 10.0 Å². The second kappa shape index (κ2) is 7.06. The van der Waals surface area contributed by atoms with Crippen molar-refractivity contribution in [2.75, 3.05) is 20.7 Å². The van der Waals surface area contributed by atoms with Gasteiger partial charge < -0.3 is 10.5 Å². The summed E-state index contributed by atoms with van der Waals surface area (Å²) >= 11 is 0. The number of methoxy groups -OCH3 is 1. The van der Waals surface area contributed by atoms with E-state index in [1.165, 1.54) is 17.5 Å². The van der Waals surface area contributed by atoms with E-state index in [9.17, 15) is 8.42 Å². The normalized spacial score (nSPS) is 13.8. The van der Waals surface area contributed by atoms with Gasteiger partial charge in [0.15, 0.2) is 0 Å². The Bertz CT molecular complexity index is 529. The van der Waals surface area contributed by atoms with E-state index in [-0.39, 0.29) is 10.9 Å². The number of hydrogen-bond donors (Lipinski definition) is 1. The quantitative estimate of drug-likeness (QED) is 0.831. The highest BCUT2D eigenvalue weighted by Crippen LogP contribution is 2.20. The van der Waals surface area contributed by atoms with E-state index in [0.29, 0.717) is 24.6 Å². The topological polar surface area (TPSA) is 72.6 Å². The van der Waals surface area contributed by atoms with Crippen LogP contribution in [-0.4, -0.2) is 39.5 Å². The Hall–Kier alpha value is -1.11. The summed E-state index contributed by atoms with van der Waals surface area (Å²) in [6.45, 7) is 4.46. The molecule has 0 amide bonds. The van der Waals surface area contributed by atoms with E-state index in [2.05, 4.69) is 0 Å². The summed E-state index contributed by atoms with van der Waals surface area (Å²) < 4.78 is 31.2. The number of benzene rings is 1. The van der Waals surface area contributed by atoms with Gasteiger partial charge in [-0.15, -0.1) is 0 Å². The van der Waals surface area contributed by atoms with Crippen molar-refractivity contribution in [1.29, 1.82) is 0 Å². The molecule has 0 saturated carbocycles. The van der Waals surface area contributed by atoms with E-state index in [0.717, 1.165) is 0 Å². The Morgan fingerprint density at radius 3 is 2.55 bits per heavy atom. The molecule has 0 bridgehead atoms. The monoisotopic (exact) mass is 300 g/mol. The summed E-state index contributed by atoms with van der Waals surface area (Å²) in [6.07, 6.45) is 0.636. The molecule has 0 fully saturated rings. The molecule has 20 heavy (non-hydrogen) atoms. The Balaban J connectivity index is 2.81. The zero-order valence-electron chi connectivity index (χ0n) is 12.5. The molecule has 1 atom stereocenters. The van der Waals surface area contributed by atoms with Gasteiger partial charge >= 0.3 is 0 Å². The van der Waals surface area contributed by atoms with Crippen LogP contribution in [0.5, 0.6) is 5.75 Å². The minimum Gasteiger partial charge on any atom is -0.497 e. The van der Waals surface area contributed by atoms with Crippen molar-refractivity contribution in [3.63, 3.8) is 0 Å². The first-order valence-electron chi connectivity index (χ1n) is 6.65. The van der Waals surface area contributed by atoms with Gasteiger partial charge in [0, 0.05) is 25.7 Å². The highest BCUT2D eigenvalue weighted by atomic mass is 32.2. The molecule has 0 heterocycles. The van der Waals surface area contributed by atoms with Crippen molar-refractivity contribution >= 4 is 10.0 Å². The van der Waals surface area contributed by atoms with E-state index in [1.807, 2.05) is 13.8 Å².